The molecule has 0 spiro atoms. The predicted molar refractivity (Wildman–Crippen MR) is 91.1 cm³/mol. The maximum absolute atomic E-state index is 9.26. The molecule has 2 fully saturated rings. The lowest BCUT2D eigenvalue weighted by molar-refractivity contribution is 0.00618. The van der Waals surface area contributed by atoms with Crippen molar-refractivity contribution in [1.82, 2.24) is 5.32 Å². The molecule has 2 aliphatic rings. The highest BCUT2D eigenvalue weighted by atomic mass is 16.5. The summed E-state index contributed by atoms with van der Waals surface area (Å²) >= 11 is 0. The summed E-state index contributed by atoms with van der Waals surface area (Å²) < 4.78 is 6.13. The van der Waals surface area contributed by atoms with E-state index in [1.165, 1.54) is 12.0 Å². The molecule has 3 rings (SSSR count). The monoisotopic (exact) mass is 313 g/mol. The number of nitrogens with one attached hydrogen (secondary N) is 1. The van der Waals surface area contributed by atoms with E-state index in [9.17, 15) is 5.26 Å². The Morgan fingerprint density at radius 2 is 1.96 bits per heavy atom. The molecule has 0 amide bonds. The van der Waals surface area contributed by atoms with Crippen molar-refractivity contribution in [2.45, 2.75) is 62.6 Å². The number of nitriles is 1. The van der Waals surface area contributed by atoms with Crippen LogP contribution in [0.4, 0.5) is 0 Å². The number of piperidine rings is 1. The molecular weight excluding hydrogens is 286 g/mol. The van der Waals surface area contributed by atoms with Gasteiger partial charge in [0.25, 0.3) is 0 Å². The highest BCUT2D eigenvalue weighted by Crippen LogP contribution is 2.35. The van der Waals surface area contributed by atoms with Gasteiger partial charge in [-0.05, 0) is 62.6 Å². The van der Waals surface area contributed by atoms with Crippen molar-refractivity contribution in [3.63, 3.8) is 0 Å². The molecule has 1 aromatic rings. The second-order valence-corrected chi connectivity index (χ2v) is 6.87. The van der Waals surface area contributed by atoms with Crippen molar-refractivity contribution in [1.29, 1.82) is 5.26 Å². The molecule has 1 saturated heterocycles. The van der Waals surface area contributed by atoms with Gasteiger partial charge >= 0.3 is 0 Å². The van der Waals surface area contributed by atoms with Crippen LogP contribution >= 0.6 is 0 Å². The topological polar surface area (TPSA) is 71.1 Å². The Morgan fingerprint density at radius 1 is 1.17 bits per heavy atom. The van der Waals surface area contributed by atoms with Gasteiger partial charge in [-0.25, -0.2) is 0 Å². The predicted octanol–water partition coefficient (Wildman–Crippen LogP) is 2.68. The van der Waals surface area contributed by atoms with E-state index in [0.717, 1.165) is 50.8 Å². The zero-order valence-electron chi connectivity index (χ0n) is 13.7. The van der Waals surface area contributed by atoms with Crippen LogP contribution < -0.4 is 11.1 Å². The standard InChI is InChI=1S/C19H27N3O/c20-12-15-4-1-2-5-17(15)14-7-9-16(10-8-14)23-13-19-18(21)6-3-11-22-19/h1-2,4-5,14,16,18-19,22H,3,6-11,13,21H2. The first-order valence-electron chi connectivity index (χ1n) is 8.87. The van der Waals surface area contributed by atoms with Crippen molar-refractivity contribution in [2.24, 2.45) is 5.73 Å². The molecule has 2 atom stereocenters. The van der Waals surface area contributed by atoms with Crippen molar-refractivity contribution >= 4 is 0 Å². The van der Waals surface area contributed by atoms with Gasteiger partial charge in [-0.2, -0.15) is 5.26 Å². The van der Waals surface area contributed by atoms with E-state index in [-0.39, 0.29) is 6.04 Å². The van der Waals surface area contributed by atoms with Gasteiger partial charge in [0.15, 0.2) is 0 Å². The fraction of sp³-hybridized carbons (Fsp3) is 0.632. The van der Waals surface area contributed by atoms with Gasteiger partial charge in [-0.3, -0.25) is 0 Å². The Kier molecular flexibility index (Phi) is 5.66. The summed E-state index contributed by atoms with van der Waals surface area (Å²) in [5.74, 6) is 0.501. The molecule has 1 aliphatic heterocycles. The number of rotatable bonds is 4. The van der Waals surface area contributed by atoms with E-state index in [0.29, 0.717) is 18.1 Å². The molecule has 1 aliphatic carbocycles. The minimum atomic E-state index is 0.225. The lowest BCUT2D eigenvalue weighted by Gasteiger charge is -2.33. The van der Waals surface area contributed by atoms with Gasteiger partial charge in [-0.15, -0.1) is 0 Å². The highest BCUT2D eigenvalue weighted by molar-refractivity contribution is 5.39. The summed E-state index contributed by atoms with van der Waals surface area (Å²) in [5.41, 5.74) is 8.19. The molecular formula is C19H27N3O. The fourth-order valence-corrected chi connectivity index (χ4v) is 3.90. The van der Waals surface area contributed by atoms with Crippen LogP contribution in [0.15, 0.2) is 24.3 Å². The van der Waals surface area contributed by atoms with E-state index >= 15 is 0 Å². The number of benzene rings is 1. The highest BCUT2D eigenvalue weighted by Gasteiger charge is 2.27. The van der Waals surface area contributed by atoms with E-state index in [1.54, 1.807) is 0 Å². The molecule has 4 nitrogen and oxygen atoms in total. The summed E-state index contributed by atoms with van der Waals surface area (Å²) in [6.07, 6.45) is 6.97. The van der Waals surface area contributed by atoms with Crippen molar-refractivity contribution in [3.8, 4) is 6.07 Å². The van der Waals surface area contributed by atoms with Crippen molar-refractivity contribution < 1.29 is 4.74 Å². The average Bonchev–Trinajstić information content (AvgIpc) is 2.61. The second kappa shape index (κ2) is 7.92. The smallest absolute Gasteiger partial charge is 0.0994 e. The number of hydrogen-bond acceptors (Lipinski definition) is 4. The quantitative estimate of drug-likeness (QED) is 0.896. The molecule has 1 saturated carbocycles. The molecule has 0 aromatic heterocycles. The molecule has 1 heterocycles. The lowest BCUT2D eigenvalue weighted by atomic mass is 9.81. The van der Waals surface area contributed by atoms with Crippen LogP contribution in [0.2, 0.25) is 0 Å². The summed E-state index contributed by atoms with van der Waals surface area (Å²) in [7, 11) is 0. The van der Waals surface area contributed by atoms with E-state index < -0.39 is 0 Å². The number of nitrogens with zero attached hydrogens (tertiary/aromatic N) is 1. The van der Waals surface area contributed by atoms with Crippen molar-refractivity contribution in [3.05, 3.63) is 35.4 Å². The molecule has 124 valence electrons. The van der Waals surface area contributed by atoms with Gasteiger partial charge in [0.1, 0.15) is 0 Å². The lowest BCUT2D eigenvalue weighted by Crippen LogP contribution is -2.52. The first-order chi connectivity index (χ1) is 11.3. The molecule has 3 N–H and O–H groups in total. The van der Waals surface area contributed by atoms with Gasteiger partial charge in [-0.1, -0.05) is 18.2 Å². The Balaban J connectivity index is 1.48. The van der Waals surface area contributed by atoms with Crippen molar-refractivity contribution in [2.75, 3.05) is 13.2 Å². The van der Waals surface area contributed by atoms with Gasteiger partial charge in [0.05, 0.1) is 24.3 Å². The van der Waals surface area contributed by atoms with Crippen LogP contribution in [0.25, 0.3) is 0 Å². The molecule has 23 heavy (non-hydrogen) atoms. The van der Waals surface area contributed by atoms with Crippen LogP contribution in [0, 0.1) is 11.3 Å². The zero-order valence-corrected chi connectivity index (χ0v) is 13.7. The minimum absolute atomic E-state index is 0.225. The van der Waals surface area contributed by atoms with Crippen LogP contribution in [-0.2, 0) is 4.74 Å². The third kappa shape index (κ3) is 4.11. The van der Waals surface area contributed by atoms with E-state index in [4.69, 9.17) is 10.5 Å². The van der Waals surface area contributed by atoms with E-state index in [1.807, 2.05) is 18.2 Å². The summed E-state index contributed by atoms with van der Waals surface area (Å²) in [6, 6.07) is 10.9. The molecule has 2 unspecified atom stereocenters. The normalized spacial score (nSPS) is 31.5. The summed E-state index contributed by atoms with van der Waals surface area (Å²) in [6.45, 7) is 1.78. The largest absolute Gasteiger partial charge is 0.377 e. The fourth-order valence-electron chi connectivity index (χ4n) is 3.90. The Bertz CT molecular complexity index is 546. The number of nitrogens with two attached hydrogens (primary N) is 1. The molecule has 0 radical (unpaired) electrons. The van der Waals surface area contributed by atoms with Crippen LogP contribution in [0.3, 0.4) is 0 Å². The van der Waals surface area contributed by atoms with Gasteiger partial charge in [0, 0.05) is 12.1 Å². The van der Waals surface area contributed by atoms with Crippen LogP contribution in [0.5, 0.6) is 0 Å². The van der Waals surface area contributed by atoms with Crippen LogP contribution in [0.1, 0.15) is 55.6 Å². The first kappa shape index (κ1) is 16.4. The SMILES string of the molecule is N#Cc1ccccc1C1CCC(OCC2NCCCC2N)CC1. The second-order valence-electron chi connectivity index (χ2n) is 6.87. The van der Waals surface area contributed by atoms with Crippen LogP contribution in [-0.4, -0.2) is 31.3 Å². The zero-order chi connectivity index (χ0) is 16.1. The summed E-state index contributed by atoms with van der Waals surface area (Å²) in [4.78, 5) is 0. The maximum atomic E-state index is 9.26. The Labute approximate surface area is 139 Å². The third-order valence-electron chi connectivity index (χ3n) is 5.34. The summed E-state index contributed by atoms with van der Waals surface area (Å²) in [5, 5.41) is 12.7. The van der Waals surface area contributed by atoms with Gasteiger partial charge in [0.2, 0.25) is 0 Å². The number of ether oxygens (including phenoxy) is 1. The average molecular weight is 313 g/mol. The Morgan fingerprint density at radius 3 is 2.70 bits per heavy atom. The molecule has 0 bridgehead atoms. The number of hydrogen-bond donors (Lipinski definition) is 2. The Hall–Kier alpha value is -1.41. The van der Waals surface area contributed by atoms with E-state index in [2.05, 4.69) is 17.5 Å². The third-order valence-corrected chi connectivity index (χ3v) is 5.34. The molecule has 1 aromatic carbocycles. The maximum Gasteiger partial charge on any atom is 0.0994 e. The van der Waals surface area contributed by atoms with Gasteiger partial charge < -0.3 is 15.8 Å². The molecule has 4 heteroatoms. The minimum Gasteiger partial charge on any atom is -0.377 e. The first-order valence-corrected chi connectivity index (χ1v) is 8.87.